The van der Waals surface area contributed by atoms with Crippen molar-refractivity contribution < 1.29 is 23.1 Å². The standard InChI is InChI=1S/C16H16N2O5S/c1-18(24(2,22)23)12-7-5-6-11(10-12)17-15(19)13-8-3-4-9-14(13)16(20)21/h3-10H,1-2H3,(H,17,19)(H,20,21). The number of anilines is 2. The third kappa shape index (κ3) is 3.90. The van der Waals surface area contributed by atoms with Gasteiger partial charge in [0.15, 0.2) is 0 Å². The minimum Gasteiger partial charge on any atom is -0.478 e. The molecule has 2 aromatic carbocycles. The topological polar surface area (TPSA) is 104 Å². The van der Waals surface area contributed by atoms with Crippen LogP contribution in [0.3, 0.4) is 0 Å². The zero-order valence-corrected chi connectivity index (χ0v) is 13.9. The molecular weight excluding hydrogens is 332 g/mol. The average Bonchev–Trinajstić information content (AvgIpc) is 2.53. The lowest BCUT2D eigenvalue weighted by atomic mass is 10.1. The van der Waals surface area contributed by atoms with Crippen LogP contribution in [0, 0.1) is 0 Å². The number of benzene rings is 2. The van der Waals surface area contributed by atoms with E-state index in [9.17, 15) is 18.0 Å². The van der Waals surface area contributed by atoms with Crippen LogP contribution in [0.2, 0.25) is 0 Å². The number of carbonyl (C=O) groups excluding carboxylic acids is 1. The molecule has 0 bridgehead atoms. The van der Waals surface area contributed by atoms with Crippen LogP contribution in [0.25, 0.3) is 0 Å². The number of nitrogens with one attached hydrogen (secondary N) is 1. The molecule has 0 atom stereocenters. The Hall–Kier alpha value is -2.87. The molecule has 8 heteroatoms. The quantitative estimate of drug-likeness (QED) is 0.860. The van der Waals surface area contributed by atoms with Gasteiger partial charge in [0.1, 0.15) is 0 Å². The summed E-state index contributed by atoms with van der Waals surface area (Å²) in [4.78, 5) is 23.5. The fourth-order valence-electron chi connectivity index (χ4n) is 2.04. The van der Waals surface area contributed by atoms with E-state index in [0.29, 0.717) is 11.4 Å². The van der Waals surface area contributed by atoms with Crippen LogP contribution in [-0.2, 0) is 10.0 Å². The molecule has 2 aromatic rings. The van der Waals surface area contributed by atoms with Gasteiger partial charge in [-0.3, -0.25) is 9.10 Å². The van der Waals surface area contributed by atoms with Crippen LogP contribution < -0.4 is 9.62 Å². The molecule has 0 fully saturated rings. The molecule has 0 unspecified atom stereocenters. The monoisotopic (exact) mass is 348 g/mol. The summed E-state index contributed by atoms with van der Waals surface area (Å²) in [5.41, 5.74) is 0.640. The van der Waals surface area contributed by atoms with Gasteiger partial charge in [-0.25, -0.2) is 13.2 Å². The van der Waals surface area contributed by atoms with Gasteiger partial charge >= 0.3 is 5.97 Å². The fraction of sp³-hybridized carbons (Fsp3) is 0.125. The molecule has 126 valence electrons. The van der Waals surface area contributed by atoms with Crippen molar-refractivity contribution in [3.63, 3.8) is 0 Å². The molecule has 1 amide bonds. The van der Waals surface area contributed by atoms with Gasteiger partial charge in [0.2, 0.25) is 10.0 Å². The minimum absolute atomic E-state index is 0.0203. The second-order valence-corrected chi connectivity index (χ2v) is 7.10. The molecule has 2 N–H and O–H groups in total. The summed E-state index contributed by atoms with van der Waals surface area (Å²) in [6.45, 7) is 0. The van der Waals surface area contributed by atoms with Gasteiger partial charge < -0.3 is 10.4 Å². The van der Waals surface area contributed by atoms with Crippen LogP contribution in [-0.4, -0.2) is 38.7 Å². The van der Waals surface area contributed by atoms with Crippen molar-refractivity contribution in [2.24, 2.45) is 0 Å². The molecule has 0 saturated carbocycles. The van der Waals surface area contributed by atoms with Crippen molar-refractivity contribution in [1.29, 1.82) is 0 Å². The molecule has 0 saturated heterocycles. The number of sulfonamides is 1. The zero-order valence-electron chi connectivity index (χ0n) is 13.1. The molecule has 0 spiro atoms. The Labute approximate surface area is 139 Å². The summed E-state index contributed by atoms with van der Waals surface area (Å²) >= 11 is 0. The largest absolute Gasteiger partial charge is 0.478 e. The molecule has 0 aliphatic rings. The molecule has 7 nitrogen and oxygen atoms in total. The van der Waals surface area contributed by atoms with Gasteiger partial charge in [0.25, 0.3) is 5.91 Å². The van der Waals surface area contributed by atoms with E-state index >= 15 is 0 Å². The molecule has 0 aliphatic carbocycles. The molecular formula is C16H16N2O5S. The molecule has 2 rings (SSSR count). The summed E-state index contributed by atoms with van der Waals surface area (Å²) in [6, 6.07) is 12.1. The number of amides is 1. The van der Waals surface area contributed by atoms with E-state index in [4.69, 9.17) is 5.11 Å². The highest BCUT2D eigenvalue weighted by Gasteiger charge is 2.17. The van der Waals surface area contributed by atoms with Crippen molar-refractivity contribution in [2.75, 3.05) is 22.9 Å². The first-order valence-electron chi connectivity index (χ1n) is 6.88. The number of carboxylic acid groups (broad SMARTS) is 1. The Kier molecular flexibility index (Phi) is 4.89. The Balaban J connectivity index is 2.30. The highest BCUT2D eigenvalue weighted by Crippen LogP contribution is 2.21. The second kappa shape index (κ2) is 6.71. The summed E-state index contributed by atoms with van der Waals surface area (Å²) in [5.74, 6) is -1.79. The number of carboxylic acids is 1. The summed E-state index contributed by atoms with van der Waals surface area (Å²) < 4.78 is 24.2. The molecule has 24 heavy (non-hydrogen) atoms. The fourth-order valence-corrected chi connectivity index (χ4v) is 2.53. The van der Waals surface area contributed by atoms with Crippen LogP contribution in [0.15, 0.2) is 48.5 Å². The van der Waals surface area contributed by atoms with E-state index in [2.05, 4.69) is 5.32 Å². The number of hydrogen-bond acceptors (Lipinski definition) is 4. The Bertz CT molecular complexity index is 893. The van der Waals surface area contributed by atoms with Crippen molar-refractivity contribution >= 4 is 33.3 Å². The summed E-state index contributed by atoms with van der Waals surface area (Å²) in [7, 11) is -2.03. The maximum Gasteiger partial charge on any atom is 0.336 e. The van der Waals surface area contributed by atoms with E-state index in [1.165, 1.54) is 31.3 Å². The highest BCUT2D eigenvalue weighted by molar-refractivity contribution is 7.92. The normalized spacial score (nSPS) is 10.9. The van der Waals surface area contributed by atoms with Crippen LogP contribution in [0.1, 0.15) is 20.7 Å². The zero-order chi connectivity index (χ0) is 17.9. The lowest BCUT2D eigenvalue weighted by Crippen LogP contribution is -2.25. The van der Waals surface area contributed by atoms with E-state index in [1.54, 1.807) is 24.3 Å². The lowest BCUT2D eigenvalue weighted by Gasteiger charge is -2.17. The first kappa shape index (κ1) is 17.5. The minimum atomic E-state index is -3.43. The third-order valence-corrected chi connectivity index (χ3v) is 4.57. The van der Waals surface area contributed by atoms with Gasteiger partial charge in [-0.1, -0.05) is 18.2 Å². The van der Waals surface area contributed by atoms with Crippen molar-refractivity contribution in [2.45, 2.75) is 0 Å². The number of aromatic carboxylic acids is 1. The third-order valence-electron chi connectivity index (χ3n) is 3.37. The van der Waals surface area contributed by atoms with Crippen LogP contribution in [0.4, 0.5) is 11.4 Å². The molecule has 0 aliphatic heterocycles. The smallest absolute Gasteiger partial charge is 0.336 e. The van der Waals surface area contributed by atoms with E-state index in [1.807, 2.05) is 0 Å². The van der Waals surface area contributed by atoms with Gasteiger partial charge in [-0.2, -0.15) is 0 Å². The van der Waals surface area contributed by atoms with Gasteiger partial charge in [-0.05, 0) is 30.3 Å². The Morgan fingerprint density at radius 2 is 1.67 bits per heavy atom. The number of carbonyl (C=O) groups is 2. The Morgan fingerprint density at radius 1 is 1.04 bits per heavy atom. The summed E-state index contributed by atoms with van der Waals surface area (Å²) in [5, 5.41) is 11.7. The number of hydrogen-bond donors (Lipinski definition) is 2. The van der Waals surface area contributed by atoms with Crippen LogP contribution in [0.5, 0.6) is 0 Å². The predicted molar refractivity (Wildman–Crippen MR) is 91.0 cm³/mol. The molecule has 0 radical (unpaired) electrons. The predicted octanol–water partition coefficient (Wildman–Crippen LogP) is 2.03. The summed E-state index contributed by atoms with van der Waals surface area (Å²) in [6.07, 6.45) is 1.07. The van der Waals surface area contributed by atoms with Crippen LogP contribution >= 0.6 is 0 Å². The first-order valence-corrected chi connectivity index (χ1v) is 8.72. The van der Waals surface area contributed by atoms with E-state index in [0.717, 1.165) is 10.6 Å². The lowest BCUT2D eigenvalue weighted by molar-refractivity contribution is 0.0692. The SMILES string of the molecule is CN(c1cccc(NC(=O)c2ccccc2C(=O)O)c1)S(C)(=O)=O. The number of nitrogens with zero attached hydrogens (tertiary/aromatic N) is 1. The van der Waals surface area contributed by atoms with Crippen molar-refractivity contribution in [3.8, 4) is 0 Å². The highest BCUT2D eigenvalue weighted by atomic mass is 32.2. The molecule has 0 heterocycles. The second-order valence-electron chi connectivity index (χ2n) is 5.09. The van der Waals surface area contributed by atoms with E-state index < -0.39 is 21.9 Å². The van der Waals surface area contributed by atoms with Gasteiger partial charge in [0, 0.05) is 12.7 Å². The van der Waals surface area contributed by atoms with Crippen molar-refractivity contribution in [1.82, 2.24) is 0 Å². The van der Waals surface area contributed by atoms with E-state index in [-0.39, 0.29) is 11.1 Å². The van der Waals surface area contributed by atoms with Crippen molar-refractivity contribution in [3.05, 3.63) is 59.7 Å². The number of rotatable bonds is 5. The maximum atomic E-state index is 12.3. The van der Waals surface area contributed by atoms with Gasteiger partial charge in [0.05, 0.1) is 23.1 Å². The van der Waals surface area contributed by atoms with Gasteiger partial charge in [-0.15, -0.1) is 0 Å². The maximum absolute atomic E-state index is 12.3. The molecule has 0 aromatic heterocycles. The first-order chi connectivity index (χ1) is 11.2. The Morgan fingerprint density at radius 3 is 2.25 bits per heavy atom. The average molecular weight is 348 g/mol.